The molecular weight excluding hydrogens is 324 g/mol. The summed E-state index contributed by atoms with van der Waals surface area (Å²) < 4.78 is 0.585. The molecule has 0 saturated carbocycles. The molecule has 0 aliphatic carbocycles. The molecule has 1 aromatic carbocycles. The Morgan fingerprint density at radius 3 is 2.70 bits per heavy atom. The van der Waals surface area contributed by atoms with Gasteiger partial charge in [0.05, 0.1) is 5.56 Å². The predicted octanol–water partition coefficient (Wildman–Crippen LogP) is 3.07. The number of urea groups is 1. The lowest BCUT2D eigenvalue weighted by Crippen LogP contribution is -2.29. The summed E-state index contributed by atoms with van der Waals surface area (Å²) in [4.78, 5) is 22.5. The van der Waals surface area contributed by atoms with Crippen LogP contribution in [0.1, 0.15) is 29.6 Å². The van der Waals surface area contributed by atoms with Crippen LogP contribution in [-0.2, 0) is 0 Å². The summed E-state index contributed by atoms with van der Waals surface area (Å²) in [5.74, 6) is 1.48. The number of aromatic carboxylic acids is 1. The summed E-state index contributed by atoms with van der Waals surface area (Å²) in [6.45, 7) is 0.521. The van der Waals surface area contributed by atoms with Gasteiger partial charge in [0.25, 0.3) is 0 Å². The van der Waals surface area contributed by atoms with Crippen molar-refractivity contribution < 1.29 is 14.7 Å². The van der Waals surface area contributed by atoms with E-state index < -0.39 is 5.97 Å². The first-order valence-electron chi connectivity index (χ1n) is 6.05. The zero-order valence-corrected chi connectivity index (χ0v) is 12.4. The molecule has 0 saturated heterocycles. The number of hydrogen-bond acceptors (Lipinski definition) is 2. The average Bonchev–Trinajstić information content (AvgIpc) is 2.37. The van der Waals surface area contributed by atoms with E-state index in [1.807, 2.05) is 0 Å². The Labute approximate surface area is 125 Å². The zero-order chi connectivity index (χ0) is 15.0. The number of benzene rings is 1. The number of rotatable bonds is 6. The number of halogens is 1. The van der Waals surface area contributed by atoms with E-state index in [4.69, 9.17) is 11.5 Å². The van der Waals surface area contributed by atoms with E-state index in [-0.39, 0.29) is 11.6 Å². The third-order valence-electron chi connectivity index (χ3n) is 2.44. The number of terminal acetylenes is 1. The number of anilines is 1. The average molecular weight is 339 g/mol. The molecule has 0 spiro atoms. The van der Waals surface area contributed by atoms with Gasteiger partial charge in [0, 0.05) is 23.1 Å². The minimum atomic E-state index is -1.05. The zero-order valence-electron chi connectivity index (χ0n) is 10.8. The minimum Gasteiger partial charge on any atom is -0.478 e. The van der Waals surface area contributed by atoms with Gasteiger partial charge in [0.2, 0.25) is 0 Å². The van der Waals surface area contributed by atoms with Crippen LogP contribution in [-0.4, -0.2) is 23.7 Å². The van der Waals surface area contributed by atoms with Gasteiger partial charge < -0.3 is 15.7 Å². The molecule has 0 aliphatic rings. The second-order valence-corrected chi connectivity index (χ2v) is 4.99. The predicted molar refractivity (Wildman–Crippen MR) is 80.8 cm³/mol. The number of hydrogen-bond donors (Lipinski definition) is 3. The highest BCUT2D eigenvalue weighted by Gasteiger charge is 2.08. The number of carboxylic acid groups (broad SMARTS) is 1. The van der Waals surface area contributed by atoms with Crippen LogP contribution in [0.4, 0.5) is 10.5 Å². The molecule has 5 nitrogen and oxygen atoms in total. The van der Waals surface area contributed by atoms with E-state index in [1.165, 1.54) is 12.1 Å². The van der Waals surface area contributed by atoms with Crippen LogP contribution >= 0.6 is 15.9 Å². The van der Waals surface area contributed by atoms with Crippen molar-refractivity contribution in [3.8, 4) is 12.3 Å². The van der Waals surface area contributed by atoms with Crippen molar-refractivity contribution in [1.29, 1.82) is 0 Å². The molecule has 106 valence electrons. The fraction of sp³-hybridized carbons (Fsp3) is 0.286. The van der Waals surface area contributed by atoms with Crippen molar-refractivity contribution in [2.75, 3.05) is 11.9 Å². The van der Waals surface area contributed by atoms with Crippen LogP contribution < -0.4 is 10.6 Å². The minimum absolute atomic E-state index is 0.101. The Hall–Kier alpha value is -2.00. The smallest absolute Gasteiger partial charge is 0.335 e. The third kappa shape index (κ3) is 5.76. The van der Waals surface area contributed by atoms with Crippen molar-refractivity contribution in [3.05, 3.63) is 28.2 Å². The lowest BCUT2D eigenvalue weighted by Gasteiger charge is -2.08. The third-order valence-corrected chi connectivity index (χ3v) is 2.89. The molecule has 20 heavy (non-hydrogen) atoms. The van der Waals surface area contributed by atoms with Crippen LogP contribution in [0.3, 0.4) is 0 Å². The van der Waals surface area contributed by atoms with Gasteiger partial charge in [-0.3, -0.25) is 0 Å². The first-order valence-corrected chi connectivity index (χ1v) is 6.84. The van der Waals surface area contributed by atoms with E-state index in [0.717, 1.165) is 12.8 Å². The largest absolute Gasteiger partial charge is 0.478 e. The van der Waals surface area contributed by atoms with E-state index in [9.17, 15) is 9.59 Å². The topological polar surface area (TPSA) is 78.4 Å². The molecule has 2 amide bonds. The lowest BCUT2D eigenvalue weighted by molar-refractivity contribution is 0.0697. The molecule has 0 aliphatic heterocycles. The normalized spacial score (nSPS) is 9.60. The highest BCUT2D eigenvalue weighted by Crippen LogP contribution is 2.19. The van der Waals surface area contributed by atoms with E-state index in [0.29, 0.717) is 23.1 Å². The fourth-order valence-corrected chi connectivity index (χ4v) is 2.01. The number of carboxylic acids is 1. The van der Waals surface area contributed by atoms with Crippen LogP contribution in [0.5, 0.6) is 0 Å². The van der Waals surface area contributed by atoms with Crippen molar-refractivity contribution in [2.24, 2.45) is 0 Å². The molecular formula is C14H15BrN2O3. The summed E-state index contributed by atoms with van der Waals surface area (Å²) in [5, 5.41) is 14.2. The maximum absolute atomic E-state index is 11.6. The standard InChI is InChI=1S/C14H15BrN2O3/c1-2-3-4-5-6-16-14(20)17-12-8-10(13(18)19)7-11(15)9-12/h1,7-9H,3-6H2,(H,18,19)(H2,16,17,20). The molecule has 1 aromatic rings. The SMILES string of the molecule is C#CCCCCNC(=O)Nc1cc(Br)cc(C(=O)O)c1. The molecule has 0 radical (unpaired) electrons. The summed E-state index contributed by atoms with van der Waals surface area (Å²) in [6, 6.07) is 4.11. The quantitative estimate of drug-likeness (QED) is 0.551. The summed E-state index contributed by atoms with van der Waals surface area (Å²) in [6.07, 6.45) is 7.47. The highest BCUT2D eigenvalue weighted by atomic mass is 79.9. The van der Waals surface area contributed by atoms with Crippen LogP contribution in [0.15, 0.2) is 22.7 Å². The fourth-order valence-electron chi connectivity index (χ4n) is 1.51. The molecule has 3 N–H and O–H groups in total. The Morgan fingerprint density at radius 2 is 2.05 bits per heavy atom. The molecule has 0 bridgehead atoms. The first kappa shape index (κ1) is 16.1. The van der Waals surface area contributed by atoms with Crippen LogP contribution in [0.2, 0.25) is 0 Å². The van der Waals surface area contributed by atoms with Gasteiger partial charge >= 0.3 is 12.0 Å². The lowest BCUT2D eigenvalue weighted by atomic mass is 10.2. The number of carbonyl (C=O) groups excluding carboxylic acids is 1. The molecule has 0 heterocycles. The number of nitrogens with one attached hydrogen (secondary N) is 2. The first-order chi connectivity index (χ1) is 9.52. The maximum atomic E-state index is 11.6. The molecule has 0 unspecified atom stereocenters. The summed E-state index contributed by atoms with van der Waals surface area (Å²) in [7, 11) is 0. The van der Waals surface area contributed by atoms with E-state index in [2.05, 4.69) is 32.5 Å². The van der Waals surface area contributed by atoms with Gasteiger partial charge in [-0.05, 0) is 31.0 Å². The van der Waals surface area contributed by atoms with Gasteiger partial charge in [0.15, 0.2) is 0 Å². The van der Waals surface area contributed by atoms with Gasteiger partial charge in [0.1, 0.15) is 0 Å². The molecule has 0 aromatic heterocycles. The van der Waals surface area contributed by atoms with Gasteiger partial charge in [-0.25, -0.2) is 9.59 Å². The van der Waals surface area contributed by atoms with Gasteiger partial charge in [-0.15, -0.1) is 12.3 Å². The monoisotopic (exact) mass is 338 g/mol. The van der Waals surface area contributed by atoms with E-state index >= 15 is 0 Å². The van der Waals surface area contributed by atoms with Crippen molar-refractivity contribution in [2.45, 2.75) is 19.3 Å². The summed E-state index contributed by atoms with van der Waals surface area (Å²) >= 11 is 3.20. The molecule has 0 atom stereocenters. The van der Waals surface area contributed by atoms with Crippen LogP contribution in [0, 0.1) is 12.3 Å². The molecule has 1 rings (SSSR count). The number of amides is 2. The Bertz CT molecular complexity index is 538. The number of carbonyl (C=O) groups is 2. The summed E-state index contributed by atoms with van der Waals surface area (Å²) in [5.41, 5.74) is 0.515. The van der Waals surface area contributed by atoms with E-state index in [1.54, 1.807) is 6.07 Å². The second kappa shape index (κ2) is 8.23. The maximum Gasteiger partial charge on any atom is 0.335 e. The Kier molecular flexibility index (Phi) is 6.60. The van der Waals surface area contributed by atoms with Crippen molar-refractivity contribution >= 4 is 33.6 Å². The molecule has 0 fully saturated rings. The van der Waals surface area contributed by atoms with Crippen molar-refractivity contribution in [1.82, 2.24) is 5.32 Å². The van der Waals surface area contributed by atoms with Crippen molar-refractivity contribution in [3.63, 3.8) is 0 Å². The highest BCUT2D eigenvalue weighted by molar-refractivity contribution is 9.10. The molecule has 6 heteroatoms. The van der Waals surface area contributed by atoms with Gasteiger partial charge in [-0.1, -0.05) is 15.9 Å². The van der Waals surface area contributed by atoms with Gasteiger partial charge in [-0.2, -0.15) is 0 Å². The Balaban J connectivity index is 2.49. The Morgan fingerprint density at radius 1 is 1.30 bits per heavy atom. The van der Waals surface area contributed by atoms with Crippen LogP contribution in [0.25, 0.3) is 0 Å². The second-order valence-electron chi connectivity index (χ2n) is 4.08. The number of unbranched alkanes of at least 4 members (excludes halogenated alkanes) is 2.